The molecule has 0 aromatic carbocycles. The molecule has 1 aliphatic carbocycles. The van der Waals surface area contributed by atoms with Crippen molar-refractivity contribution in [3.8, 4) is 0 Å². The van der Waals surface area contributed by atoms with Crippen LogP contribution in [0.1, 0.15) is 56.8 Å². The van der Waals surface area contributed by atoms with Crippen LogP contribution in [0.15, 0.2) is 9.64 Å². The molecule has 0 unspecified atom stereocenters. The molecule has 2 fully saturated rings. The van der Waals surface area contributed by atoms with Crippen LogP contribution in [0, 0.1) is 5.92 Å². The predicted octanol–water partition coefficient (Wildman–Crippen LogP) is 1.76. The van der Waals surface area contributed by atoms with Gasteiger partial charge in [0.1, 0.15) is 0 Å². The van der Waals surface area contributed by atoms with Crippen molar-refractivity contribution >= 4 is 15.7 Å². The van der Waals surface area contributed by atoms with Gasteiger partial charge in [-0.15, -0.1) is 5.10 Å². The minimum Gasteiger partial charge on any atom is -0.412 e. The third kappa shape index (κ3) is 3.73. The molecule has 2 aliphatic rings. The zero-order valence-corrected chi connectivity index (χ0v) is 14.2. The van der Waals surface area contributed by atoms with Crippen LogP contribution in [0.4, 0.5) is 0 Å². The number of aromatic nitrogens is 2. The lowest BCUT2D eigenvalue weighted by atomic mass is 9.87. The highest BCUT2D eigenvalue weighted by atomic mass is 32.2. The molecular weight excluding hydrogens is 318 g/mol. The fourth-order valence-electron chi connectivity index (χ4n) is 3.49. The average molecular weight is 341 g/mol. The van der Waals surface area contributed by atoms with Crippen molar-refractivity contribution in [1.29, 1.82) is 0 Å². The summed E-state index contributed by atoms with van der Waals surface area (Å²) in [5.41, 5.74) is 0. The van der Waals surface area contributed by atoms with Gasteiger partial charge in [-0.2, -0.15) is 0 Å². The quantitative estimate of drug-likeness (QED) is 0.831. The van der Waals surface area contributed by atoms with E-state index in [0.717, 1.165) is 44.8 Å². The van der Waals surface area contributed by atoms with Gasteiger partial charge in [-0.1, -0.05) is 24.4 Å². The van der Waals surface area contributed by atoms with Gasteiger partial charge in [-0.25, -0.2) is 8.42 Å². The highest BCUT2D eigenvalue weighted by molar-refractivity contribution is 7.90. The normalized spacial score (nSPS) is 21.5. The number of piperidine rings is 1. The molecule has 8 heteroatoms. The lowest BCUT2D eigenvalue weighted by Crippen LogP contribution is -2.41. The van der Waals surface area contributed by atoms with E-state index in [9.17, 15) is 13.2 Å². The van der Waals surface area contributed by atoms with Crippen LogP contribution in [0.2, 0.25) is 0 Å². The maximum absolute atomic E-state index is 12.5. The lowest BCUT2D eigenvalue weighted by Gasteiger charge is -2.34. The Morgan fingerprint density at radius 1 is 1.09 bits per heavy atom. The summed E-state index contributed by atoms with van der Waals surface area (Å²) in [5.74, 6) is 0.884. The standard InChI is InChI=1S/C15H23N3O4S/c1-23(20,21)15-17-16-13(22-15)11-7-9-18(10-8-11)14(19)12-5-3-2-4-6-12/h11-12H,2-10H2,1H3. The number of hydrogen-bond donors (Lipinski definition) is 0. The Morgan fingerprint density at radius 3 is 2.30 bits per heavy atom. The highest BCUT2D eigenvalue weighted by Gasteiger charge is 2.31. The van der Waals surface area contributed by atoms with Crippen LogP contribution in [-0.4, -0.2) is 48.8 Å². The number of amides is 1. The molecule has 1 saturated heterocycles. The van der Waals surface area contributed by atoms with Gasteiger partial charge in [0.15, 0.2) is 0 Å². The summed E-state index contributed by atoms with van der Waals surface area (Å²) in [6.45, 7) is 1.35. The smallest absolute Gasteiger partial charge is 0.335 e. The van der Waals surface area contributed by atoms with E-state index in [1.165, 1.54) is 6.42 Å². The predicted molar refractivity (Wildman–Crippen MR) is 82.5 cm³/mol. The number of carbonyl (C=O) groups excluding carboxylic acids is 1. The lowest BCUT2D eigenvalue weighted by molar-refractivity contribution is -0.137. The molecule has 23 heavy (non-hydrogen) atoms. The zero-order valence-electron chi connectivity index (χ0n) is 13.4. The van der Waals surface area contributed by atoms with Gasteiger partial charge in [0.2, 0.25) is 21.6 Å². The minimum atomic E-state index is -3.46. The van der Waals surface area contributed by atoms with Crippen LogP contribution in [0.3, 0.4) is 0 Å². The molecule has 1 aliphatic heterocycles. The van der Waals surface area contributed by atoms with Crippen LogP contribution in [-0.2, 0) is 14.6 Å². The van der Waals surface area contributed by atoms with Crippen molar-refractivity contribution in [3.63, 3.8) is 0 Å². The number of hydrogen-bond acceptors (Lipinski definition) is 6. The second-order valence-corrected chi connectivity index (χ2v) is 8.51. The Balaban J connectivity index is 1.58. The first-order valence-corrected chi connectivity index (χ1v) is 10.2. The zero-order chi connectivity index (χ0) is 16.4. The summed E-state index contributed by atoms with van der Waals surface area (Å²) in [6.07, 6.45) is 8.11. The summed E-state index contributed by atoms with van der Waals surface area (Å²) in [5, 5.41) is 7.15. The molecule has 0 radical (unpaired) electrons. The van der Waals surface area contributed by atoms with Crippen LogP contribution in [0.5, 0.6) is 0 Å². The van der Waals surface area contributed by atoms with Crippen LogP contribution < -0.4 is 0 Å². The number of carbonyl (C=O) groups is 1. The Bertz CT molecular complexity index is 656. The first kappa shape index (κ1) is 16.4. The number of rotatable bonds is 3. The molecular formula is C15H23N3O4S. The summed E-state index contributed by atoms with van der Waals surface area (Å²) < 4.78 is 28.1. The van der Waals surface area contributed by atoms with Crippen LogP contribution in [0.25, 0.3) is 0 Å². The minimum absolute atomic E-state index is 0.0356. The first-order chi connectivity index (χ1) is 10.9. The second-order valence-electron chi connectivity index (χ2n) is 6.61. The molecule has 1 aromatic heterocycles. The fraction of sp³-hybridized carbons (Fsp3) is 0.800. The van der Waals surface area contributed by atoms with Gasteiger partial charge in [0.05, 0.1) is 0 Å². The Morgan fingerprint density at radius 2 is 1.74 bits per heavy atom. The van der Waals surface area contributed by atoms with E-state index < -0.39 is 9.84 Å². The summed E-state index contributed by atoms with van der Waals surface area (Å²) in [6, 6.07) is 0. The van der Waals surface area contributed by atoms with E-state index in [-0.39, 0.29) is 23.0 Å². The summed E-state index contributed by atoms with van der Waals surface area (Å²) in [7, 11) is -3.46. The van der Waals surface area contributed by atoms with Crippen LogP contribution >= 0.6 is 0 Å². The second kappa shape index (κ2) is 6.59. The van der Waals surface area contributed by atoms with E-state index >= 15 is 0 Å². The molecule has 3 rings (SSSR count). The van der Waals surface area contributed by atoms with Gasteiger partial charge in [0.25, 0.3) is 0 Å². The number of likely N-dealkylation sites (tertiary alicyclic amines) is 1. The molecule has 1 amide bonds. The molecule has 0 atom stereocenters. The van der Waals surface area contributed by atoms with Crippen molar-refractivity contribution in [2.75, 3.05) is 19.3 Å². The van der Waals surface area contributed by atoms with Gasteiger partial charge in [0, 0.05) is 31.2 Å². The summed E-state index contributed by atoms with van der Waals surface area (Å²) in [4.78, 5) is 14.5. The fourth-order valence-corrected chi connectivity index (χ4v) is 3.92. The number of sulfone groups is 1. The van der Waals surface area contributed by atoms with E-state index in [1.54, 1.807) is 0 Å². The van der Waals surface area contributed by atoms with Crippen molar-refractivity contribution in [3.05, 3.63) is 5.89 Å². The molecule has 0 N–H and O–H groups in total. The topological polar surface area (TPSA) is 93.4 Å². The van der Waals surface area contributed by atoms with E-state index in [4.69, 9.17) is 4.42 Å². The van der Waals surface area contributed by atoms with Gasteiger partial charge in [-0.3, -0.25) is 4.79 Å². The largest absolute Gasteiger partial charge is 0.412 e. The molecule has 1 aromatic rings. The Hall–Kier alpha value is -1.44. The Labute approximate surface area is 136 Å². The molecule has 1 saturated carbocycles. The third-order valence-corrected chi connectivity index (χ3v) is 5.65. The van der Waals surface area contributed by atoms with Crippen molar-refractivity contribution < 1.29 is 17.6 Å². The van der Waals surface area contributed by atoms with E-state index in [1.807, 2.05) is 4.90 Å². The first-order valence-electron chi connectivity index (χ1n) is 8.27. The molecule has 128 valence electrons. The van der Waals surface area contributed by atoms with Gasteiger partial charge >= 0.3 is 5.22 Å². The SMILES string of the molecule is CS(=O)(=O)c1nnc(C2CCN(C(=O)C3CCCCC3)CC2)o1. The molecule has 7 nitrogen and oxygen atoms in total. The third-order valence-electron chi connectivity index (χ3n) is 4.85. The Kier molecular flexibility index (Phi) is 4.70. The molecule has 0 bridgehead atoms. The van der Waals surface area contributed by atoms with Crippen molar-refractivity contribution in [2.45, 2.75) is 56.1 Å². The van der Waals surface area contributed by atoms with E-state index in [2.05, 4.69) is 10.2 Å². The van der Waals surface area contributed by atoms with Gasteiger partial charge in [-0.05, 0) is 25.7 Å². The monoisotopic (exact) mass is 341 g/mol. The maximum Gasteiger partial charge on any atom is 0.335 e. The molecule has 2 heterocycles. The maximum atomic E-state index is 12.5. The summed E-state index contributed by atoms with van der Waals surface area (Å²) >= 11 is 0. The van der Waals surface area contributed by atoms with Gasteiger partial charge < -0.3 is 9.32 Å². The molecule has 0 spiro atoms. The van der Waals surface area contributed by atoms with E-state index in [0.29, 0.717) is 19.0 Å². The van der Waals surface area contributed by atoms with Crippen molar-refractivity contribution in [1.82, 2.24) is 15.1 Å². The highest BCUT2D eigenvalue weighted by Crippen LogP contribution is 2.31. The van der Waals surface area contributed by atoms with Crippen molar-refractivity contribution in [2.24, 2.45) is 5.92 Å². The number of nitrogens with zero attached hydrogens (tertiary/aromatic N) is 3. The average Bonchev–Trinajstić information content (AvgIpc) is 3.05.